The fraction of sp³-hybridized carbons (Fsp3) is 0.273. The molecule has 1 aromatic carbocycles. The molecule has 0 aromatic heterocycles. The van der Waals surface area contributed by atoms with Gasteiger partial charge >= 0.3 is 0 Å². The number of rotatable bonds is 2. The first-order chi connectivity index (χ1) is 7.43. The lowest BCUT2D eigenvalue weighted by Gasteiger charge is -2.19. The number of ketones is 1. The molecule has 1 amide bonds. The van der Waals surface area contributed by atoms with Crippen molar-refractivity contribution >= 4 is 33.3 Å². The Morgan fingerprint density at radius 2 is 2.25 bits per heavy atom. The lowest BCUT2D eigenvalue weighted by atomic mass is 9.90. The second-order valence-corrected chi connectivity index (χ2v) is 4.80. The molecule has 1 aromatic rings. The Morgan fingerprint density at radius 1 is 1.56 bits per heavy atom. The number of carbonyl (C=O) groups is 2. The molecule has 84 valence electrons. The summed E-state index contributed by atoms with van der Waals surface area (Å²) >= 11 is 3.27. The molecule has 0 aliphatic carbocycles. The zero-order valence-corrected chi connectivity index (χ0v) is 10.2. The molecule has 1 heterocycles. The molecule has 0 saturated heterocycles. The van der Waals surface area contributed by atoms with E-state index in [-0.39, 0.29) is 12.2 Å². The van der Waals surface area contributed by atoms with E-state index in [0.29, 0.717) is 11.3 Å². The largest absolute Gasteiger partial charge is 0.375 e. The Bertz CT molecular complexity index is 486. The minimum Gasteiger partial charge on any atom is -0.375 e. The first kappa shape index (κ1) is 11.3. The molecule has 5 heteroatoms. The van der Waals surface area contributed by atoms with Gasteiger partial charge in [-0.1, -0.05) is 15.9 Å². The molecular formula is C11H10BrNO3. The van der Waals surface area contributed by atoms with Gasteiger partial charge in [-0.3, -0.25) is 9.59 Å². The first-order valence-electron chi connectivity index (χ1n) is 4.77. The minimum absolute atomic E-state index is 0.206. The highest BCUT2D eigenvalue weighted by Crippen LogP contribution is 2.39. The number of halogens is 1. The normalized spacial score (nSPS) is 22.8. The molecule has 0 fully saturated rings. The third kappa shape index (κ3) is 1.66. The molecule has 16 heavy (non-hydrogen) atoms. The van der Waals surface area contributed by atoms with Crippen LogP contribution in [-0.4, -0.2) is 16.8 Å². The van der Waals surface area contributed by atoms with Crippen LogP contribution in [0.15, 0.2) is 22.7 Å². The summed E-state index contributed by atoms with van der Waals surface area (Å²) in [6.45, 7) is 1.35. The van der Waals surface area contributed by atoms with Crippen molar-refractivity contribution in [1.29, 1.82) is 0 Å². The van der Waals surface area contributed by atoms with Crippen molar-refractivity contribution in [3.05, 3.63) is 28.2 Å². The predicted molar refractivity (Wildman–Crippen MR) is 62.0 cm³/mol. The molecule has 1 aliphatic heterocycles. The van der Waals surface area contributed by atoms with Crippen LogP contribution >= 0.6 is 15.9 Å². The number of fused-ring (bicyclic) bond motifs is 1. The maximum Gasteiger partial charge on any atom is 0.261 e. The van der Waals surface area contributed by atoms with Gasteiger partial charge < -0.3 is 10.4 Å². The van der Waals surface area contributed by atoms with E-state index in [1.54, 1.807) is 18.2 Å². The summed E-state index contributed by atoms with van der Waals surface area (Å²) in [5.41, 5.74) is -0.732. The van der Waals surface area contributed by atoms with Crippen LogP contribution in [-0.2, 0) is 15.2 Å². The van der Waals surface area contributed by atoms with E-state index in [2.05, 4.69) is 21.2 Å². The van der Waals surface area contributed by atoms with Gasteiger partial charge in [0.15, 0.2) is 5.60 Å². The van der Waals surface area contributed by atoms with Gasteiger partial charge in [0.05, 0.1) is 0 Å². The highest BCUT2D eigenvalue weighted by atomic mass is 79.9. The fourth-order valence-corrected chi connectivity index (χ4v) is 2.21. The van der Waals surface area contributed by atoms with Crippen molar-refractivity contribution < 1.29 is 14.7 Å². The minimum atomic E-state index is -1.73. The van der Waals surface area contributed by atoms with Crippen LogP contribution in [0.1, 0.15) is 18.9 Å². The van der Waals surface area contributed by atoms with E-state index >= 15 is 0 Å². The van der Waals surface area contributed by atoms with Gasteiger partial charge in [0, 0.05) is 22.1 Å². The number of anilines is 1. The molecule has 0 spiro atoms. The predicted octanol–water partition coefficient (Wildman–Crippen LogP) is 1.57. The molecule has 0 saturated carbocycles. The maximum atomic E-state index is 11.7. The molecule has 2 rings (SSSR count). The Morgan fingerprint density at radius 3 is 2.88 bits per heavy atom. The number of Topliss-reactive ketones (excluding diaryl/α,β-unsaturated/α-hetero) is 1. The SMILES string of the molecule is CC(=O)C[C@]1(O)C(=O)Nc2ccc(Br)cc21. The molecule has 1 atom stereocenters. The zero-order chi connectivity index (χ0) is 11.9. The Kier molecular flexibility index (Phi) is 2.59. The van der Waals surface area contributed by atoms with Gasteiger partial charge in [-0.2, -0.15) is 0 Å². The molecule has 0 bridgehead atoms. The molecule has 0 radical (unpaired) electrons. The van der Waals surface area contributed by atoms with E-state index in [1.807, 2.05) is 0 Å². The third-order valence-electron chi connectivity index (χ3n) is 2.56. The highest BCUT2D eigenvalue weighted by molar-refractivity contribution is 9.10. The van der Waals surface area contributed by atoms with Crippen molar-refractivity contribution in [2.24, 2.45) is 0 Å². The van der Waals surface area contributed by atoms with Crippen molar-refractivity contribution in [3.63, 3.8) is 0 Å². The van der Waals surface area contributed by atoms with Gasteiger partial charge in [-0.15, -0.1) is 0 Å². The molecule has 0 unspecified atom stereocenters. The van der Waals surface area contributed by atoms with Gasteiger partial charge in [-0.25, -0.2) is 0 Å². The highest BCUT2D eigenvalue weighted by Gasteiger charge is 2.46. The van der Waals surface area contributed by atoms with Crippen LogP contribution in [0.25, 0.3) is 0 Å². The Hall–Kier alpha value is -1.20. The number of hydrogen-bond acceptors (Lipinski definition) is 3. The van der Waals surface area contributed by atoms with Gasteiger partial charge in [0.25, 0.3) is 5.91 Å². The summed E-state index contributed by atoms with van der Waals surface area (Å²) in [4.78, 5) is 22.8. The third-order valence-corrected chi connectivity index (χ3v) is 3.05. The number of nitrogens with one attached hydrogen (secondary N) is 1. The number of amides is 1. The van der Waals surface area contributed by atoms with Crippen LogP contribution in [0.5, 0.6) is 0 Å². The van der Waals surface area contributed by atoms with Crippen molar-refractivity contribution in [2.75, 3.05) is 5.32 Å². The van der Waals surface area contributed by atoms with E-state index < -0.39 is 11.5 Å². The van der Waals surface area contributed by atoms with E-state index in [9.17, 15) is 14.7 Å². The lowest BCUT2D eigenvalue weighted by Crippen LogP contribution is -2.35. The molecule has 1 aliphatic rings. The van der Waals surface area contributed by atoms with Crippen molar-refractivity contribution in [2.45, 2.75) is 18.9 Å². The van der Waals surface area contributed by atoms with Gasteiger partial charge in [-0.05, 0) is 25.1 Å². The van der Waals surface area contributed by atoms with Gasteiger partial charge in [0.2, 0.25) is 0 Å². The summed E-state index contributed by atoms with van der Waals surface area (Å²) in [5, 5.41) is 12.8. The average Bonchev–Trinajstić information content (AvgIpc) is 2.40. The number of benzene rings is 1. The monoisotopic (exact) mass is 283 g/mol. The number of carbonyl (C=O) groups excluding carboxylic acids is 2. The quantitative estimate of drug-likeness (QED) is 0.866. The van der Waals surface area contributed by atoms with Crippen LogP contribution in [0.2, 0.25) is 0 Å². The topological polar surface area (TPSA) is 66.4 Å². The van der Waals surface area contributed by atoms with Crippen LogP contribution in [0.4, 0.5) is 5.69 Å². The van der Waals surface area contributed by atoms with E-state index in [4.69, 9.17) is 0 Å². The van der Waals surface area contributed by atoms with Crippen LogP contribution in [0, 0.1) is 0 Å². The van der Waals surface area contributed by atoms with E-state index in [1.165, 1.54) is 6.92 Å². The molecule has 2 N–H and O–H groups in total. The summed E-state index contributed by atoms with van der Waals surface area (Å²) in [6, 6.07) is 5.10. The van der Waals surface area contributed by atoms with Crippen LogP contribution < -0.4 is 5.32 Å². The van der Waals surface area contributed by atoms with E-state index in [0.717, 1.165) is 4.47 Å². The average molecular weight is 284 g/mol. The number of aliphatic hydroxyl groups is 1. The smallest absolute Gasteiger partial charge is 0.261 e. The lowest BCUT2D eigenvalue weighted by molar-refractivity contribution is -0.139. The Labute approximate surface area is 101 Å². The second kappa shape index (κ2) is 3.68. The Balaban J connectivity index is 2.53. The van der Waals surface area contributed by atoms with Crippen molar-refractivity contribution in [3.8, 4) is 0 Å². The van der Waals surface area contributed by atoms with Gasteiger partial charge in [0.1, 0.15) is 5.78 Å². The van der Waals surface area contributed by atoms with Crippen LogP contribution in [0.3, 0.4) is 0 Å². The zero-order valence-electron chi connectivity index (χ0n) is 8.58. The summed E-state index contributed by atoms with van der Waals surface area (Å²) in [7, 11) is 0. The standard InChI is InChI=1S/C11H10BrNO3/c1-6(14)5-11(16)8-4-7(12)2-3-9(8)13-10(11)15/h2-4,16H,5H2,1H3,(H,13,15)/t11-/m1/s1. The summed E-state index contributed by atoms with van der Waals surface area (Å²) < 4.78 is 0.754. The molecular weight excluding hydrogens is 274 g/mol. The van der Waals surface area contributed by atoms with Crippen molar-refractivity contribution in [1.82, 2.24) is 0 Å². The number of hydrogen-bond donors (Lipinski definition) is 2. The second-order valence-electron chi connectivity index (χ2n) is 3.88. The molecule has 4 nitrogen and oxygen atoms in total. The summed E-state index contributed by atoms with van der Waals surface area (Å²) in [5.74, 6) is -0.777. The fourth-order valence-electron chi connectivity index (χ4n) is 1.85. The first-order valence-corrected chi connectivity index (χ1v) is 5.56. The maximum absolute atomic E-state index is 11.7. The summed E-state index contributed by atoms with van der Waals surface area (Å²) in [6.07, 6.45) is -0.206.